The van der Waals surface area contributed by atoms with E-state index in [0.29, 0.717) is 37.6 Å². The van der Waals surface area contributed by atoms with Gasteiger partial charge in [-0.1, -0.05) is 85.6 Å². The highest BCUT2D eigenvalue weighted by Crippen LogP contribution is 2.18. The van der Waals surface area contributed by atoms with Crippen LogP contribution in [0, 0.1) is 0 Å². The Morgan fingerprint density at radius 2 is 1.56 bits per heavy atom. The summed E-state index contributed by atoms with van der Waals surface area (Å²) < 4.78 is 5.77. The fourth-order valence-electron chi connectivity index (χ4n) is 3.92. The fraction of sp³-hybridized carbons (Fsp3) is 0.333. The number of nitrogens with one attached hydrogen (secondary N) is 1. The second kappa shape index (κ2) is 14.9. The summed E-state index contributed by atoms with van der Waals surface area (Å²) in [6.45, 7) is 3.43. The summed E-state index contributed by atoms with van der Waals surface area (Å²) in [5.74, 6) is 0.573. The van der Waals surface area contributed by atoms with Gasteiger partial charge in [0.25, 0.3) is 0 Å². The van der Waals surface area contributed by atoms with Gasteiger partial charge < -0.3 is 15.0 Å². The number of halogens is 1. The van der Waals surface area contributed by atoms with Crippen molar-refractivity contribution in [1.82, 2.24) is 10.2 Å². The van der Waals surface area contributed by atoms with Gasteiger partial charge in [0.05, 0.1) is 6.61 Å². The van der Waals surface area contributed by atoms with Crippen LogP contribution < -0.4 is 10.1 Å². The standard InChI is InChI=1S/C30H35ClN2O3/c1-2-3-20-32-30(35)28(22-24-11-6-4-7-12-24)33(23-25-16-18-26(31)19-17-25)29(34)15-10-21-36-27-13-8-5-9-14-27/h4-9,11-14,16-19,28H,2-3,10,15,20-23H2,1H3,(H,32,35). The Bertz CT molecular complexity index is 1060. The molecule has 0 radical (unpaired) electrons. The molecule has 0 saturated heterocycles. The number of nitrogens with zero attached hydrogens (tertiary/aromatic N) is 1. The number of para-hydroxylation sites is 1. The molecule has 6 heteroatoms. The lowest BCUT2D eigenvalue weighted by Gasteiger charge is -2.31. The van der Waals surface area contributed by atoms with E-state index in [1.165, 1.54) is 0 Å². The van der Waals surface area contributed by atoms with Crippen molar-refractivity contribution in [2.24, 2.45) is 0 Å². The lowest BCUT2D eigenvalue weighted by Crippen LogP contribution is -2.50. The molecule has 0 aliphatic heterocycles. The molecule has 3 rings (SSSR count). The Labute approximate surface area is 219 Å². The number of hydrogen-bond donors (Lipinski definition) is 1. The predicted molar refractivity (Wildman–Crippen MR) is 145 cm³/mol. The summed E-state index contributed by atoms with van der Waals surface area (Å²) in [5.41, 5.74) is 1.93. The summed E-state index contributed by atoms with van der Waals surface area (Å²) in [7, 11) is 0. The van der Waals surface area contributed by atoms with Gasteiger partial charge in [0, 0.05) is 31.0 Å². The topological polar surface area (TPSA) is 58.6 Å². The summed E-state index contributed by atoms with van der Waals surface area (Å²) in [5, 5.41) is 3.68. The Morgan fingerprint density at radius 1 is 0.889 bits per heavy atom. The quantitative estimate of drug-likeness (QED) is 0.270. The number of carbonyl (C=O) groups excluding carboxylic acids is 2. The van der Waals surface area contributed by atoms with E-state index in [9.17, 15) is 9.59 Å². The summed E-state index contributed by atoms with van der Waals surface area (Å²) >= 11 is 6.08. The van der Waals surface area contributed by atoms with Crippen LogP contribution in [-0.2, 0) is 22.6 Å². The third-order valence-corrected chi connectivity index (χ3v) is 6.17. The first kappa shape index (κ1) is 27.3. The zero-order valence-electron chi connectivity index (χ0n) is 20.9. The minimum atomic E-state index is -0.623. The molecule has 1 unspecified atom stereocenters. The first-order chi connectivity index (χ1) is 17.6. The van der Waals surface area contributed by atoms with E-state index in [1.54, 1.807) is 17.0 Å². The van der Waals surface area contributed by atoms with Gasteiger partial charge in [0.15, 0.2) is 0 Å². The van der Waals surface area contributed by atoms with Crippen LogP contribution in [0.25, 0.3) is 0 Å². The molecule has 3 aromatic carbocycles. The number of ether oxygens (including phenoxy) is 1. The van der Waals surface area contributed by atoms with Gasteiger partial charge in [-0.05, 0) is 48.2 Å². The first-order valence-electron chi connectivity index (χ1n) is 12.6. The zero-order valence-corrected chi connectivity index (χ0v) is 21.6. The summed E-state index contributed by atoms with van der Waals surface area (Å²) in [6, 6.07) is 26.2. The molecule has 3 aromatic rings. The molecule has 190 valence electrons. The monoisotopic (exact) mass is 506 g/mol. The molecule has 0 aromatic heterocycles. The van der Waals surface area contributed by atoms with Crippen molar-refractivity contribution in [2.75, 3.05) is 13.2 Å². The second-order valence-corrected chi connectivity index (χ2v) is 9.20. The van der Waals surface area contributed by atoms with Crippen molar-refractivity contribution >= 4 is 23.4 Å². The molecule has 0 fully saturated rings. The fourth-order valence-corrected chi connectivity index (χ4v) is 4.05. The van der Waals surface area contributed by atoms with Crippen molar-refractivity contribution in [3.8, 4) is 5.75 Å². The van der Waals surface area contributed by atoms with Crippen molar-refractivity contribution in [3.63, 3.8) is 0 Å². The normalized spacial score (nSPS) is 11.5. The molecule has 1 N–H and O–H groups in total. The number of amides is 2. The molecule has 1 atom stereocenters. The molecule has 0 bridgehead atoms. The SMILES string of the molecule is CCCCNC(=O)C(Cc1ccccc1)N(Cc1ccc(Cl)cc1)C(=O)CCCOc1ccccc1. The van der Waals surface area contributed by atoms with E-state index in [2.05, 4.69) is 12.2 Å². The highest BCUT2D eigenvalue weighted by molar-refractivity contribution is 6.30. The maximum Gasteiger partial charge on any atom is 0.243 e. The van der Waals surface area contributed by atoms with Crippen LogP contribution >= 0.6 is 11.6 Å². The molecule has 0 aliphatic carbocycles. The van der Waals surface area contributed by atoms with Crippen LogP contribution in [0.15, 0.2) is 84.9 Å². The van der Waals surface area contributed by atoms with Gasteiger partial charge in [-0.3, -0.25) is 9.59 Å². The van der Waals surface area contributed by atoms with Crippen molar-refractivity contribution in [2.45, 2.75) is 51.6 Å². The molecule has 0 saturated carbocycles. The lowest BCUT2D eigenvalue weighted by molar-refractivity contribution is -0.141. The number of carbonyl (C=O) groups is 2. The maximum atomic E-state index is 13.6. The molecule has 0 heterocycles. The number of hydrogen-bond acceptors (Lipinski definition) is 3. The number of benzene rings is 3. The van der Waals surface area contributed by atoms with Crippen LogP contribution in [0.2, 0.25) is 5.02 Å². The minimum Gasteiger partial charge on any atom is -0.494 e. The Kier molecular flexibility index (Phi) is 11.3. The predicted octanol–water partition coefficient (Wildman–Crippen LogP) is 6.06. The molecule has 2 amide bonds. The van der Waals surface area contributed by atoms with Crippen LogP contribution in [0.5, 0.6) is 5.75 Å². The van der Waals surface area contributed by atoms with Crippen molar-refractivity contribution in [3.05, 3.63) is 101 Å². The second-order valence-electron chi connectivity index (χ2n) is 8.76. The Hall–Kier alpha value is -3.31. The molecule has 5 nitrogen and oxygen atoms in total. The van der Waals surface area contributed by atoms with E-state index in [-0.39, 0.29) is 18.2 Å². The van der Waals surface area contributed by atoms with Crippen LogP contribution in [-0.4, -0.2) is 35.9 Å². The van der Waals surface area contributed by atoms with Gasteiger partial charge >= 0.3 is 0 Å². The Balaban J connectivity index is 1.77. The molecule has 0 aliphatic rings. The minimum absolute atomic E-state index is 0.0758. The highest BCUT2D eigenvalue weighted by Gasteiger charge is 2.30. The van der Waals surface area contributed by atoms with E-state index in [0.717, 1.165) is 29.7 Å². The molecule has 0 spiro atoms. The van der Waals surface area contributed by atoms with Gasteiger partial charge in [0.2, 0.25) is 11.8 Å². The van der Waals surface area contributed by atoms with Gasteiger partial charge in [0.1, 0.15) is 11.8 Å². The summed E-state index contributed by atoms with van der Waals surface area (Å²) in [4.78, 5) is 28.6. The third kappa shape index (κ3) is 9.04. The van der Waals surface area contributed by atoms with Crippen LogP contribution in [0.3, 0.4) is 0 Å². The van der Waals surface area contributed by atoms with Crippen LogP contribution in [0.1, 0.15) is 43.7 Å². The highest BCUT2D eigenvalue weighted by atomic mass is 35.5. The van der Waals surface area contributed by atoms with E-state index >= 15 is 0 Å². The Morgan fingerprint density at radius 3 is 2.22 bits per heavy atom. The van der Waals surface area contributed by atoms with Crippen LogP contribution in [0.4, 0.5) is 0 Å². The lowest BCUT2D eigenvalue weighted by atomic mass is 10.0. The van der Waals surface area contributed by atoms with E-state index in [1.807, 2.05) is 72.8 Å². The van der Waals surface area contributed by atoms with E-state index in [4.69, 9.17) is 16.3 Å². The van der Waals surface area contributed by atoms with Gasteiger partial charge in [-0.15, -0.1) is 0 Å². The molecule has 36 heavy (non-hydrogen) atoms. The van der Waals surface area contributed by atoms with Crippen molar-refractivity contribution < 1.29 is 14.3 Å². The molecular formula is C30H35ClN2O3. The van der Waals surface area contributed by atoms with Gasteiger partial charge in [-0.25, -0.2) is 0 Å². The van der Waals surface area contributed by atoms with Gasteiger partial charge in [-0.2, -0.15) is 0 Å². The number of rotatable bonds is 14. The number of unbranched alkanes of at least 4 members (excludes halogenated alkanes) is 1. The summed E-state index contributed by atoms with van der Waals surface area (Å²) in [6.07, 6.45) is 3.16. The largest absolute Gasteiger partial charge is 0.494 e. The molecular weight excluding hydrogens is 472 g/mol. The zero-order chi connectivity index (χ0) is 25.6. The first-order valence-corrected chi connectivity index (χ1v) is 13.0. The average Bonchev–Trinajstić information content (AvgIpc) is 2.91. The average molecular weight is 507 g/mol. The van der Waals surface area contributed by atoms with E-state index < -0.39 is 6.04 Å². The maximum absolute atomic E-state index is 13.6. The smallest absolute Gasteiger partial charge is 0.243 e. The van der Waals surface area contributed by atoms with Crippen molar-refractivity contribution in [1.29, 1.82) is 0 Å². The third-order valence-electron chi connectivity index (χ3n) is 5.91.